The van der Waals surface area contributed by atoms with Crippen LogP contribution in [-0.2, 0) is 12.8 Å². The summed E-state index contributed by atoms with van der Waals surface area (Å²) < 4.78 is 0. The molecule has 1 aliphatic carbocycles. The first kappa shape index (κ1) is 12.4. The van der Waals surface area contributed by atoms with Gasteiger partial charge in [0.15, 0.2) is 0 Å². The number of hydrogen-bond donors (Lipinski definition) is 2. The van der Waals surface area contributed by atoms with Crippen LogP contribution in [0.25, 0.3) is 0 Å². The third-order valence-corrected chi connectivity index (χ3v) is 3.38. The number of aryl methyl sites for hydroxylation is 2. The van der Waals surface area contributed by atoms with Gasteiger partial charge in [-0.2, -0.15) is 0 Å². The Morgan fingerprint density at radius 2 is 2.00 bits per heavy atom. The molecule has 0 heterocycles. The van der Waals surface area contributed by atoms with Crippen LogP contribution in [0.15, 0.2) is 18.2 Å². The van der Waals surface area contributed by atoms with Crippen molar-refractivity contribution in [1.82, 2.24) is 5.32 Å². The minimum atomic E-state index is -0.139. The molecular weight excluding hydrogens is 280 g/mol. The van der Waals surface area contributed by atoms with Gasteiger partial charge in [-0.3, -0.25) is 0 Å². The minimum absolute atomic E-state index is 0.139. The molecule has 0 bridgehead atoms. The maximum Gasteiger partial charge on any atom is 0.319 e. The Labute approximate surface area is 110 Å². The lowest BCUT2D eigenvalue weighted by Crippen LogP contribution is -2.30. The summed E-state index contributed by atoms with van der Waals surface area (Å²) >= 11 is 3.27. The molecule has 1 aromatic rings. The molecule has 4 heteroatoms. The van der Waals surface area contributed by atoms with E-state index in [0.29, 0.717) is 6.54 Å². The van der Waals surface area contributed by atoms with Gasteiger partial charge < -0.3 is 10.6 Å². The number of carbonyl (C=O) groups excluding carboxylic acids is 1. The number of nitrogens with one attached hydrogen (secondary N) is 2. The number of amides is 2. The zero-order chi connectivity index (χ0) is 12.1. The number of benzene rings is 1. The molecule has 0 aromatic heterocycles. The van der Waals surface area contributed by atoms with Crippen LogP contribution in [0.5, 0.6) is 0 Å². The van der Waals surface area contributed by atoms with Crippen molar-refractivity contribution < 1.29 is 4.79 Å². The molecule has 0 saturated heterocycles. The highest BCUT2D eigenvalue weighted by molar-refractivity contribution is 9.09. The van der Waals surface area contributed by atoms with Gasteiger partial charge >= 0.3 is 6.03 Å². The Morgan fingerprint density at radius 1 is 1.24 bits per heavy atom. The van der Waals surface area contributed by atoms with Crippen molar-refractivity contribution in [3.63, 3.8) is 0 Å². The van der Waals surface area contributed by atoms with Crippen molar-refractivity contribution in [2.75, 3.05) is 17.2 Å². The van der Waals surface area contributed by atoms with Gasteiger partial charge in [-0.05, 0) is 48.9 Å². The molecule has 2 amide bonds. The quantitative estimate of drug-likeness (QED) is 0.827. The number of halogens is 1. The summed E-state index contributed by atoms with van der Waals surface area (Å²) in [6, 6.07) is 6.08. The van der Waals surface area contributed by atoms with Crippen molar-refractivity contribution >= 4 is 27.6 Å². The summed E-state index contributed by atoms with van der Waals surface area (Å²) in [6.45, 7) is 0.636. The molecule has 0 atom stereocenters. The number of hydrogen-bond acceptors (Lipinski definition) is 1. The van der Waals surface area contributed by atoms with E-state index in [0.717, 1.165) is 17.4 Å². The molecule has 92 valence electrons. The second-order valence-corrected chi connectivity index (χ2v) is 5.05. The molecule has 2 rings (SSSR count). The first-order valence-electron chi connectivity index (χ1n) is 6.02. The number of urea groups is 1. The topological polar surface area (TPSA) is 41.1 Å². The fourth-order valence-electron chi connectivity index (χ4n) is 2.15. The fourth-order valence-corrected chi connectivity index (χ4v) is 2.35. The Balaban J connectivity index is 1.99. The van der Waals surface area contributed by atoms with Gasteiger partial charge in [0.1, 0.15) is 0 Å². The van der Waals surface area contributed by atoms with Crippen molar-refractivity contribution in [3.05, 3.63) is 29.3 Å². The number of anilines is 1. The fraction of sp³-hybridized carbons (Fsp3) is 0.462. The smallest absolute Gasteiger partial charge is 0.319 e. The highest BCUT2D eigenvalue weighted by atomic mass is 79.9. The van der Waals surface area contributed by atoms with Crippen LogP contribution in [0.3, 0.4) is 0 Å². The standard InChI is InChI=1S/C13H17BrN2O/c14-7-8-15-13(17)16-12-6-5-10-3-1-2-4-11(10)9-12/h5-6,9H,1-4,7-8H2,(H2,15,16,17). The molecule has 0 radical (unpaired) electrons. The third-order valence-electron chi connectivity index (χ3n) is 2.99. The second-order valence-electron chi connectivity index (χ2n) is 4.26. The molecule has 2 N–H and O–H groups in total. The van der Waals surface area contributed by atoms with Gasteiger partial charge in [-0.15, -0.1) is 0 Å². The van der Waals surface area contributed by atoms with E-state index in [1.165, 1.54) is 30.4 Å². The van der Waals surface area contributed by atoms with Crippen LogP contribution in [0.4, 0.5) is 10.5 Å². The summed E-state index contributed by atoms with van der Waals surface area (Å²) in [4.78, 5) is 11.5. The highest BCUT2D eigenvalue weighted by Crippen LogP contribution is 2.24. The normalized spacial score (nSPS) is 13.9. The van der Waals surface area contributed by atoms with Crippen LogP contribution in [0.1, 0.15) is 24.0 Å². The molecule has 3 nitrogen and oxygen atoms in total. The zero-order valence-electron chi connectivity index (χ0n) is 9.76. The molecule has 0 aliphatic heterocycles. The first-order chi connectivity index (χ1) is 8.29. The molecule has 0 saturated carbocycles. The highest BCUT2D eigenvalue weighted by Gasteiger charge is 2.10. The molecule has 1 aliphatic rings. The molecule has 0 fully saturated rings. The number of carbonyl (C=O) groups is 1. The van der Waals surface area contributed by atoms with Gasteiger partial charge in [0.05, 0.1) is 0 Å². The molecular formula is C13H17BrN2O. The molecule has 17 heavy (non-hydrogen) atoms. The zero-order valence-corrected chi connectivity index (χ0v) is 11.3. The lowest BCUT2D eigenvalue weighted by molar-refractivity contribution is 0.252. The summed E-state index contributed by atoms with van der Waals surface area (Å²) in [5.41, 5.74) is 3.70. The van der Waals surface area contributed by atoms with Gasteiger partial charge in [-0.1, -0.05) is 22.0 Å². The SMILES string of the molecule is O=C(NCCBr)Nc1ccc2c(c1)CCCC2. The summed E-state index contributed by atoms with van der Waals surface area (Å²) in [7, 11) is 0. The maximum absolute atomic E-state index is 11.5. The van der Waals surface area contributed by atoms with Gasteiger partial charge in [0.2, 0.25) is 0 Å². The van der Waals surface area contributed by atoms with E-state index in [-0.39, 0.29) is 6.03 Å². The van der Waals surface area contributed by atoms with E-state index in [9.17, 15) is 4.79 Å². The van der Waals surface area contributed by atoms with Crippen molar-refractivity contribution in [1.29, 1.82) is 0 Å². The molecule has 0 unspecified atom stereocenters. The van der Waals surface area contributed by atoms with E-state index < -0.39 is 0 Å². The third kappa shape index (κ3) is 3.46. The lowest BCUT2D eigenvalue weighted by Gasteiger charge is -2.16. The van der Waals surface area contributed by atoms with Crippen LogP contribution < -0.4 is 10.6 Å². The van der Waals surface area contributed by atoms with Gasteiger partial charge in [0.25, 0.3) is 0 Å². The van der Waals surface area contributed by atoms with Crippen LogP contribution >= 0.6 is 15.9 Å². The predicted octanol–water partition coefficient (Wildman–Crippen LogP) is 3.08. The van der Waals surface area contributed by atoms with E-state index in [2.05, 4.69) is 38.7 Å². The minimum Gasteiger partial charge on any atom is -0.337 e. The number of alkyl halides is 1. The predicted molar refractivity (Wildman–Crippen MR) is 73.9 cm³/mol. The summed E-state index contributed by atoms with van der Waals surface area (Å²) in [5.74, 6) is 0. The monoisotopic (exact) mass is 296 g/mol. The van der Waals surface area contributed by atoms with Gasteiger partial charge in [0, 0.05) is 17.6 Å². The first-order valence-corrected chi connectivity index (χ1v) is 7.14. The van der Waals surface area contributed by atoms with Crippen LogP contribution in [0, 0.1) is 0 Å². The summed E-state index contributed by atoms with van der Waals surface area (Å²) in [6.07, 6.45) is 4.84. The van der Waals surface area contributed by atoms with Crippen LogP contribution in [0.2, 0.25) is 0 Å². The van der Waals surface area contributed by atoms with E-state index in [1.54, 1.807) is 0 Å². The average molecular weight is 297 g/mol. The van der Waals surface area contributed by atoms with Crippen molar-refractivity contribution in [2.45, 2.75) is 25.7 Å². The maximum atomic E-state index is 11.5. The van der Waals surface area contributed by atoms with E-state index in [1.807, 2.05) is 6.07 Å². The second kappa shape index (κ2) is 6.05. The Bertz CT molecular complexity index is 406. The van der Waals surface area contributed by atoms with E-state index in [4.69, 9.17) is 0 Å². The number of fused-ring (bicyclic) bond motifs is 1. The molecule has 0 spiro atoms. The largest absolute Gasteiger partial charge is 0.337 e. The van der Waals surface area contributed by atoms with Gasteiger partial charge in [-0.25, -0.2) is 4.79 Å². The van der Waals surface area contributed by atoms with Crippen LogP contribution in [-0.4, -0.2) is 17.9 Å². The van der Waals surface area contributed by atoms with E-state index >= 15 is 0 Å². The Kier molecular flexibility index (Phi) is 4.42. The number of rotatable bonds is 3. The Hall–Kier alpha value is -1.03. The average Bonchev–Trinajstić information content (AvgIpc) is 2.36. The lowest BCUT2D eigenvalue weighted by atomic mass is 9.91. The van der Waals surface area contributed by atoms with Crippen molar-refractivity contribution in [3.8, 4) is 0 Å². The summed E-state index contributed by atoms with van der Waals surface area (Å²) in [5, 5.41) is 6.39. The molecule has 1 aromatic carbocycles. The van der Waals surface area contributed by atoms with Crippen molar-refractivity contribution in [2.24, 2.45) is 0 Å². The Morgan fingerprint density at radius 3 is 2.76 bits per heavy atom.